The van der Waals surface area contributed by atoms with Crippen molar-refractivity contribution < 1.29 is 24.5 Å². The Balaban J connectivity index is 1.68. The third kappa shape index (κ3) is 4.19. The largest absolute Gasteiger partial charge is 0.508 e. The number of carbonyl (C=O) groups is 1. The topological polar surface area (TPSA) is 100 Å². The van der Waals surface area contributed by atoms with E-state index in [4.69, 9.17) is 9.47 Å². The first-order valence-electron chi connectivity index (χ1n) is 8.94. The van der Waals surface area contributed by atoms with E-state index in [1.165, 1.54) is 18.3 Å². The van der Waals surface area contributed by atoms with Crippen LogP contribution in [0.15, 0.2) is 35.4 Å². The third-order valence-corrected chi connectivity index (χ3v) is 4.48. The summed E-state index contributed by atoms with van der Waals surface area (Å²) in [6, 6.07) is 8.41. The number of amides is 1. The summed E-state index contributed by atoms with van der Waals surface area (Å²) in [6.45, 7) is 8.07. The Morgan fingerprint density at radius 1 is 1.21 bits per heavy atom. The number of phenols is 2. The van der Waals surface area contributed by atoms with Crippen LogP contribution >= 0.6 is 0 Å². The maximum absolute atomic E-state index is 12.4. The molecule has 0 aromatic heterocycles. The number of aromatic hydroxyl groups is 2. The van der Waals surface area contributed by atoms with Gasteiger partial charge in [0.1, 0.15) is 18.1 Å². The molecule has 0 spiro atoms. The summed E-state index contributed by atoms with van der Waals surface area (Å²) in [5, 5.41) is 23.2. The highest BCUT2D eigenvalue weighted by atomic mass is 16.6. The number of fused-ring (bicyclic) bond motifs is 1. The predicted octanol–water partition coefficient (Wildman–Crippen LogP) is 2.99. The fraction of sp³-hybridized carbons (Fsp3) is 0.333. The number of hydrogen-bond acceptors (Lipinski definition) is 6. The van der Waals surface area contributed by atoms with Gasteiger partial charge < -0.3 is 19.7 Å². The Hall–Kier alpha value is -3.22. The summed E-state index contributed by atoms with van der Waals surface area (Å²) in [6.07, 6.45) is 0.478. The second kappa shape index (κ2) is 7.42. The number of rotatable bonds is 3. The first kappa shape index (κ1) is 19.5. The minimum Gasteiger partial charge on any atom is -0.508 e. The summed E-state index contributed by atoms with van der Waals surface area (Å²) in [5.74, 6) is 0.493. The van der Waals surface area contributed by atoms with Gasteiger partial charge in [0, 0.05) is 11.6 Å². The molecule has 0 radical (unpaired) electrons. The van der Waals surface area contributed by atoms with Crippen LogP contribution in [0.2, 0.25) is 0 Å². The number of ether oxygens (including phenoxy) is 2. The maximum Gasteiger partial charge on any atom is 0.284 e. The van der Waals surface area contributed by atoms with E-state index in [-0.39, 0.29) is 23.5 Å². The molecule has 1 amide bonds. The molecule has 0 unspecified atom stereocenters. The molecule has 0 bridgehead atoms. The fourth-order valence-corrected chi connectivity index (χ4v) is 2.83. The van der Waals surface area contributed by atoms with E-state index in [2.05, 4.69) is 31.3 Å². The van der Waals surface area contributed by atoms with Crippen LogP contribution in [-0.4, -0.2) is 35.0 Å². The molecule has 2 aromatic carbocycles. The van der Waals surface area contributed by atoms with Gasteiger partial charge >= 0.3 is 0 Å². The molecule has 0 saturated heterocycles. The van der Waals surface area contributed by atoms with E-state index in [0.717, 1.165) is 5.56 Å². The molecule has 0 saturated carbocycles. The van der Waals surface area contributed by atoms with E-state index in [9.17, 15) is 15.0 Å². The van der Waals surface area contributed by atoms with Crippen LogP contribution in [0.1, 0.15) is 37.5 Å². The molecule has 7 nitrogen and oxygen atoms in total. The van der Waals surface area contributed by atoms with Gasteiger partial charge in [-0.2, -0.15) is 5.10 Å². The smallest absolute Gasteiger partial charge is 0.284 e. The highest BCUT2D eigenvalue weighted by molar-refractivity contribution is 5.88. The first-order valence-corrected chi connectivity index (χ1v) is 8.94. The number of nitrogens with zero attached hydrogens (tertiary/aromatic N) is 1. The molecule has 3 rings (SSSR count). The minimum atomic E-state index is -0.839. The molecule has 0 aliphatic carbocycles. The molecular formula is C21H24N2O5. The molecule has 28 heavy (non-hydrogen) atoms. The average molecular weight is 384 g/mol. The van der Waals surface area contributed by atoms with Gasteiger partial charge in [0.15, 0.2) is 11.5 Å². The van der Waals surface area contributed by atoms with Crippen molar-refractivity contribution in [1.29, 1.82) is 0 Å². The van der Waals surface area contributed by atoms with Crippen molar-refractivity contribution in [3.63, 3.8) is 0 Å². The van der Waals surface area contributed by atoms with Crippen LogP contribution in [0.25, 0.3) is 0 Å². The zero-order valence-corrected chi connectivity index (χ0v) is 16.3. The lowest BCUT2D eigenvalue weighted by Crippen LogP contribution is -2.42. The van der Waals surface area contributed by atoms with Gasteiger partial charge in [-0.3, -0.25) is 4.79 Å². The normalized spacial score (nSPS) is 16.2. The molecular weight excluding hydrogens is 360 g/mol. The monoisotopic (exact) mass is 384 g/mol. The maximum atomic E-state index is 12.4. The standard InChI is InChI=1S/C21H24N2O5/c1-12-7-14(24)9-16(25)15(12)10-22-23-20(26)19-11-27-17-6-5-13(21(2,3)4)8-18(17)28-19/h5-10,19,24-25H,11H2,1-4H3,(H,23,26)/b22-10+/t19-/m1/s1. The van der Waals surface area contributed by atoms with Gasteiger partial charge in [-0.25, -0.2) is 5.43 Å². The predicted molar refractivity (Wildman–Crippen MR) is 105 cm³/mol. The van der Waals surface area contributed by atoms with Gasteiger partial charge in [0.2, 0.25) is 6.10 Å². The lowest BCUT2D eigenvalue weighted by Gasteiger charge is -2.27. The van der Waals surface area contributed by atoms with Gasteiger partial charge in [0.05, 0.1) is 6.21 Å². The number of hydrazone groups is 1. The summed E-state index contributed by atoms with van der Waals surface area (Å²) in [5.41, 5.74) is 4.44. The zero-order valence-electron chi connectivity index (χ0n) is 16.3. The van der Waals surface area contributed by atoms with Crippen molar-refractivity contribution in [2.24, 2.45) is 5.10 Å². The SMILES string of the molecule is Cc1cc(O)cc(O)c1/C=N/NC(=O)[C@H]1COc2ccc(C(C)(C)C)cc2O1. The number of aryl methyl sites for hydroxylation is 1. The average Bonchev–Trinajstić information content (AvgIpc) is 2.62. The molecule has 0 fully saturated rings. The second-order valence-electron chi connectivity index (χ2n) is 7.76. The Labute approximate surface area is 163 Å². The van der Waals surface area contributed by atoms with E-state index in [0.29, 0.717) is 22.6 Å². The summed E-state index contributed by atoms with van der Waals surface area (Å²) in [7, 11) is 0. The van der Waals surface area contributed by atoms with Crippen molar-refractivity contribution in [3.05, 3.63) is 47.0 Å². The Kier molecular flexibility index (Phi) is 5.18. The molecule has 7 heteroatoms. The Morgan fingerprint density at radius 3 is 2.64 bits per heavy atom. The van der Waals surface area contributed by atoms with Gasteiger partial charge in [-0.05, 0) is 41.7 Å². The molecule has 148 valence electrons. The van der Waals surface area contributed by atoms with E-state index < -0.39 is 12.0 Å². The van der Waals surface area contributed by atoms with Crippen LogP contribution in [0.3, 0.4) is 0 Å². The second-order valence-corrected chi connectivity index (χ2v) is 7.76. The number of benzene rings is 2. The first-order chi connectivity index (χ1) is 13.1. The summed E-state index contributed by atoms with van der Waals surface area (Å²) < 4.78 is 11.4. The number of phenolic OH excluding ortho intramolecular Hbond substituents is 2. The Bertz CT molecular complexity index is 908. The number of nitrogens with one attached hydrogen (secondary N) is 1. The van der Waals surface area contributed by atoms with Crippen molar-refractivity contribution >= 4 is 12.1 Å². The molecule has 1 heterocycles. The van der Waals surface area contributed by atoms with Crippen molar-refractivity contribution in [3.8, 4) is 23.0 Å². The lowest BCUT2D eigenvalue weighted by atomic mass is 9.87. The van der Waals surface area contributed by atoms with Crippen LogP contribution < -0.4 is 14.9 Å². The van der Waals surface area contributed by atoms with Gasteiger partial charge in [0.25, 0.3) is 5.91 Å². The van der Waals surface area contributed by atoms with Crippen molar-refractivity contribution in [2.45, 2.75) is 39.2 Å². The highest BCUT2D eigenvalue weighted by Gasteiger charge is 2.28. The van der Waals surface area contributed by atoms with Gasteiger partial charge in [-0.1, -0.05) is 26.8 Å². The lowest BCUT2D eigenvalue weighted by molar-refractivity contribution is -0.130. The highest BCUT2D eigenvalue weighted by Crippen LogP contribution is 2.36. The quantitative estimate of drug-likeness (QED) is 0.558. The van der Waals surface area contributed by atoms with Crippen LogP contribution in [0, 0.1) is 6.92 Å². The fourth-order valence-electron chi connectivity index (χ4n) is 2.83. The molecule has 2 aromatic rings. The molecule has 1 aliphatic rings. The summed E-state index contributed by atoms with van der Waals surface area (Å²) >= 11 is 0. The van der Waals surface area contributed by atoms with Crippen LogP contribution in [0.4, 0.5) is 0 Å². The van der Waals surface area contributed by atoms with E-state index in [1.54, 1.807) is 6.92 Å². The third-order valence-electron chi connectivity index (χ3n) is 4.48. The molecule has 1 aliphatic heterocycles. The zero-order chi connectivity index (χ0) is 20.5. The van der Waals surface area contributed by atoms with Crippen LogP contribution in [-0.2, 0) is 10.2 Å². The van der Waals surface area contributed by atoms with Crippen molar-refractivity contribution in [1.82, 2.24) is 5.43 Å². The van der Waals surface area contributed by atoms with Crippen LogP contribution in [0.5, 0.6) is 23.0 Å². The molecule has 1 atom stereocenters. The number of carbonyl (C=O) groups excluding carboxylic acids is 1. The minimum absolute atomic E-state index is 0.0442. The van der Waals surface area contributed by atoms with E-state index >= 15 is 0 Å². The Morgan fingerprint density at radius 2 is 1.96 bits per heavy atom. The number of hydrogen-bond donors (Lipinski definition) is 3. The summed E-state index contributed by atoms with van der Waals surface area (Å²) in [4.78, 5) is 12.4. The van der Waals surface area contributed by atoms with Crippen molar-refractivity contribution in [2.75, 3.05) is 6.61 Å². The van der Waals surface area contributed by atoms with Gasteiger partial charge in [-0.15, -0.1) is 0 Å². The molecule has 3 N–H and O–H groups in total. The van der Waals surface area contributed by atoms with E-state index in [1.807, 2.05) is 18.2 Å².